The molecule has 0 fully saturated rings. The Morgan fingerprint density at radius 3 is 2.50 bits per heavy atom. The number of primary amides is 1. The number of hydrogen-bond donors (Lipinski definition) is 4. The monoisotopic (exact) mass is 251 g/mol. The maximum absolute atomic E-state index is 11.3. The van der Waals surface area contributed by atoms with Crippen LogP contribution in [0.25, 0.3) is 0 Å². The van der Waals surface area contributed by atoms with Gasteiger partial charge in [-0.05, 0) is 30.7 Å². The minimum atomic E-state index is -1.04. The number of carbonyl (C=O) groups excluding carboxylic acids is 2. The molecule has 0 spiro atoms. The van der Waals surface area contributed by atoms with Crippen LogP contribution in [0, 0.1) is 6.92 Å². The average molecular weight is 251 g/mol. The van der Waals surface area contributed by atoms with E-state index in [0.29, 0.717) is 11.3 Å². The SMILES string of the molecule is Cc1cc(C(=O)O)ccc1NC(=O)NCC(N)=O. The summed E-state index contributed by atoms with van der Waals surface area (Å²) in [6, 6.07) is 3.70. The van der Waals surface area contributed by atoms with Crippen LogP contribution in [0.15, 0.2) is 18.2 Å². The minimum Gasteiger partial charge on any atom is -0.478 e. The molecule has 18 heavy (non-hydrogen) atoms. The zero-order valence-corrected chi connectivity index (χ0v) is 9.69. The molecule has 0 radical (unpaired) electrons. The number of carboxylic acid groups (broad SMARTS) is 1. The van der Waals surface area contributed by atoms with E-state index in [-0.39, 0.29) is 12.1 Å². The van der Waals surface area contributed by atoms with Gasteiger partial charge in [0.2, 0.25) is 5.91 Å². The van der Waals surface area contributed by atoms with Crippen molar-refractivity contribution in [2.75, 3.05) is 11.9 Å². The molecule has 0 atom stereocenters. The number of aromatic carboxylic acids is 1. The number of aryl methyl sites for hydroxylation is 1. The molecule has 96 valence electrons. The molecule has 0 aromatic heterocycles. The zero-order chi connectivity index (χ0) is 13.7. The lowest BCUT2D eigenvalue weighted by Gasteiger charge is -2.09. The van der Waals surface area contributed by atoms with Gasteiger partial charge in [0.1, 0.15) is 0 Å². The van der Waals surface area contributed by atoms with E-state index < -0.39 is 17.9 Å². The van der Waals surface area contributed by atoms with Gasteiger partial charge in [0.05, 0.1) is 12.1 Å². The summed E-state index contributed by atoms with van der Waals surface area (Å²) in [6.07, 6.45) is 0. The van der Waals surface area contributed by atoms with Gasteiger partial charge in [-0.25, -0.2) is 9.59 Å². The van der Waals surface area contributed by atoms with Gasteiger partial charge >= 0.3 is 12.0 Å². The first-order valence-electron chi connectivity index (χ1n) is 5.07. The van der Waals surface area contributed by atoms with Gasteiger partial charge in [-0.1, -0.05) is 0 Å². The summed E-state index contributed by atoms with van der Waals surface area (Å²) >= 11 is 0. The van der Waals surface area contributed by atoms with E-state index in [4.69, 9.17) is 10.8 Å². The Kier molecular flexibility index (Phi) is 4.25. The van der Waals surface area contributed by atoms with E-state index in [2.05, 4.69) is 10.6 Å². The first-order chi connectivity index (χ1) is 8.40. The average Bonchev–Trinajstić information content (AvgIpc) is 2.29. The van der Waals surface area contributed by atoms with Crippen molar-refractivity contribution in [3.63, 3.8) is 0 Å². The highest BCUT2D eigenvalue weighted by Crippen LogP contribution is 2.16. The van der Waals surface area contributed by atoms with Crippen molar-refractivity contribution in [3.8, 4) is 0 Å². The van der Waals surface area contributed by atoms with Gasteiger partial charge in [-0.15, -0.1) is 0 Å². The second-order valence-corrected chi connectivity index (χ2v) is 3.61. The molecule has 1 rings (SSSR count). The second-order valence-electron chi connectivity index (χ2n) is 3.61. The summed E-state index contributed by atoms with van der Waals surface area (Å²) in [5, 5.41) is 13.5. The zero-order valence-electron chi connectivity index (χ0n) is 9.69. The number of rotatable bonds is 4. The van der Waals surface area contributed by atoms with E-state index in [1.54, 1.807) is 6.92 Å². The molecule has 0 aliphatic heterocycles. The highest BCUT2D eigenvalue weighted by atomic mass is 16.4. The number of hydrogen-bond acceptors (Lipinski definition) is 3. The Labute approximate surface area is 103 Å². The highest BCUT2D eigenvalue weighted by molar-refractivity contribution is 5.94. The number of amides is 3. The fraction of sp³-hybridized carbons (Fsp3) is 0.182. The van der Waals surface area contributed by atoms with Crippen LogP contribution in [0.3, 0.4) is 0 Å². The Morgan fingerprint density at radius 1 is 1.33 bits per heavy atom. The molecule has 0 saturated carbocycles. The van der Waals surface area contributed by atoms with Crippen molar-refractivity contribution in [1.29, 1.82) is 0 Å². The molecule has 5 N–H and O–H groups in total. The maximum Gasteiger partial charge on any atom is 0.335 e. The van der Waals surface area contributed by atoms with E-state index in [1.807, 2.05) is 0 Å². The summed E-state index contributed by atoms with van der Waals surface area (Å²) in [5.74, 6) is -1.69. The number of benzene rings is 1. The second kappa shape index (κ2) is 5.67. The van der Waals surface area contributed by atoms with E-state index in [1.165, 1.54) is 18.2 Å². The maximum atomic E-state index is 11.3. The van der Waals surface area contributed by atoms with Crippen LogP contribution in [0.5, 0.6) is 0 Å². The van der Waals surface area contributed by atoms with Crippen LogP contribution in [-0.2, 0) is 4.79 Å². The smallest absolute Gasteiger partial charge is 0.335 e. The van der Waals surface area contributed by atoms with Crippen molar-refractivity contribution in [2.24, 2.45) is 5.73 Å². The van der Waals surface area contributed by atoms with Crippen LogP contribution in [-0.4, -0.2) is 29.6 Å². The Balaban J connectivity index is 2.70. The summed E-state index contributed by atoms with van der Waals surface area (Å²) in [6.45, 7) is 1.40. The Morgan fingerprint density at radius 2 is 2.00 bits per heavy atom. The molecular weight excluding hydrogens is 238 g/mol. The van der Waals surface area contributed by atoms with E-state index in [0.717, 1.165) is 0 Å². The number of nitrogens with two attached hydrogens (primary N) is 1. The van der Waals surface area contributed by atoms with E-state index in [9.17, 15) is 14.4 Å². The number of carbonyl (C=O) groups is 3. The minimum absolute atomic E-state index is 0.135. The molecule has 1 aromatic rings. The van der Waals surface area contributed by atoms with Crippen molar-refractivity contribution in [1.82, 2.24) is 5.32 Å². The van der Waals surface area contributed by atoms with E-state index >= 15 is 0 Å². The summed E-state index contributed by atoms with van der Waals surface area (Å²) < 4.78 is 0. The number of anilines is 1. The Hall–Kier alpha value is -2.57. The fourth-order valence-corrected chi connectivity index (χ4v) is 1.27. The van der Waals surface area contributed by atoms with Crippen LogP contribution in [0.2, 0.25) is 0 Å². The van der Waals surface area contributed by atoms with Crippen molar-refractivity contribution in [2.45, 2.75) is 6.92 Å². The third kappa shape index (κ3) is 3.78. The number of nitrogens with one attached hydrogen (secondary N) is 2. The van der Waals surface area contributed by atoms with Gasteiger partial charge in [-0.3, -0.25) is 4.79 Å². The first-order valence-corrected chi connectivity index (χ1v) is 5.07. The topological polar surface area (TPSA) is 122 Å². The lowest BCUT2D eigenvalue weighted by Crippen LogP contribution is -2.36. The molecular formula is C11H13N3O4. The normalized spacial score (nSPS) is 9.61. The van der Waals surface area contributed by atoms with Crippen molar-refractivity contribution < 1.29 is 19.5 Å². The lowest BCUT2D eigenvalue weighted by molar-refractivity contribution is -0.117. The van der Waals surface area contributed by atoms with Crippen LogP contribution >= 0.6 is 0 Å². The molecule has 0 aliphatic rings. The quantitative estimate of drug-likeness (QED) is 0.614. The van der Waals surface area contributed by atoms with Gasteiger partial charge < -0.3 is 21.5 Å². The number of carboxylic acids is 1. The lowest BCUT2D eigenvalue weighted by atomic mass is 10.1. The molecule has 0 bridgehead atoms. The molecule has 0 saturated heterocycles. The largest absolute Gasteiger partial charge is 0.478 e. The summed E-state index contributed by atoms with van der Waals surface area (Å²) in [7, 11) is 0. The summed E-state index contributed by atoms with van der Waals surface area (Å²) in [5.41, 5.74) is 6.07. The molecule has 0 unspecified atom stereocenters. The van der Waals surface area contributed by atoms with Crippen molar-refractivity contribution >= 4 is 23.6 Å². The summed E-state index contributed by atoms with van der Waals surface area (Å²) in [4.78, 5) is 32.5. The molecule has 1 aromatic carbocycles. The fourth-order valence-electron chi connectivity index (χ4n) is 1.27. The Bertz CT molecular complexity index is 499. The standard InChI is InChI=1S/C11H13N3O4/c1-6-4-7(10(16)17)2-3-8(6)14-11(18)13-5-9(12)15/h2-4H,5H2,1H3,(H2,12,15)(H,16,17)(H2,13,14,18). The van der Waals surface area contributed by atoms with Crippen LogP contribution < -0.4 is 16.4 Å². The predicted molar refractivity (Wildman–Crippen MR) is 64.4 cm³/mol. The molecule has 3 amide bonds. The van der Waals surface area contributed by atoms with Crippen LogP contribution in [0.4, 0.5) is 10.5 Å². The molecule has 0 aliphatic carbocycles. The van der Waals surface area contributed by atoms with Crippen molar-refractivity contribution in [3.05, 3.63) is 29.3 Å². The highest BCUT2D eigenvalue weighted by Gasteiger charge is 2.08. The van der Waals surface area contributed by atoms with Gasteiger partial charge in [0, 0.05) is 5.69 Å². The third-order valence-corrected chi connectivity index (χ3v) is 2.14. The van der Waals surface area contributed by atoms with Gasteiger partial charge in [-0.2, -0.15) is 0 Å². The molecule has 7 heteroatoms. The van der Waals surface area contributed by atoms with Crippen LogP contribution in [0.1, 0.15) is 15.9 Å². The molecule has 0 heterocycles. The van der Waals surface area contributed by atoms with Gasteiger partial charge in [0.15, 0.2) is 0 Å². The predicted octanol–water partition coefficient (Wildman–Crippen LogP) is 0.300. The first kappa shape index (κ1) is 13.5. The molecule has 7 nitrogen and oxygen atoms in total. The number of urea groups is 1. The third-order valence-electron chi connectivity index (χ3n) is 2.14. The van der Waals surface area contributed by atoms with Gasteiger partial charge in [0.25, 0.3) is 0 Å².